The molecule has 0 aliphatic rings. The molecule has 1 rings (SSSR count). The third-order valence-electron chi connectivity index (χ3n) is 6.37. The van der Waals surface area contributed by atoms with Crippen molar-refractivity contribution in [3.05, 3.63) is 30.1 Å². The summed E-state index contributed by atoms with van der Waals surface area (Å²) in [5.74, 6) is 0.685. The summed E-state index contributed by atoms with van der Waals surface area (Å²) in [6.07, 6.45) is 28.8. The Hall–Kier alpha value is -0.850. The van der Waals surface area contributed by atoms with Gasteiger partial charge in [-0.2, -0.15) is 0 Å². The first kappa shape index (κ1) is 25.2. The minimum absolute atomic E-state index is 0.685. The van der Waals surface area contributed by atoms with E-state index in [0.29, 0.717) is 5.92 Å². The second kappa shape index (κ2) is 18.2. The van der Waals surface area contributed by atoms with Crippen molar-refractivity contribution in [3.8, 4) is 0 Å². The van der Waals surface area contributed by atoms with E-state index in [-0.39, 0.29) is 0 Å². The minimum Gasteiger partial charge on any atom is -0.205 e. The Kier molecular flexibility index (Phi) is 16.4. The van der Waals surface area contributed by atoms with Gasteiger partial charge in [0.15, 0.2) is 12.4 Å². The van der Waals surface area contributed by atoms with Crippen molar-refractivity contribution in [2.45, 2.75) is 142 Å². The quantitative estimate of drug-likeness (QED) is 0.165. The van der Waals surface area contributed by atoms with E-state index >= 15 is 0 Å². The first-order chi connectivity index (χ1) is 13.8. The molecule has 1 aromatic heterocycles. The lowest BCUT2D eigenvalue weighted by atomic mass is 10.0. The van der Waals surface area contributed by atoms with Gasteiger partial charge in [-0.1, -0.05) is 111 Å². The van der Waals surface area contributed by atoms with E-state index in [9.17, 15) is 0 Å². The number of hydrogen-bond donors (Lipinski definition) is 0. The van der Waals surface area contributed by atoms with Crippen LogP contribution in [0.2, 0.25) is 0 Å². The monoisotopic (exact) mass is 388 g/mol. The van der Waals surface area contributed by atoms with Crippen molar-refractivity contribution in [2.75, 3.05) is 0 Å². The molecule has 0 saturated heterocycles. The van der Waals surface area contributed by atoms with Gasteiger partial charge in [-0.3, -0.25) is 0 Å². The Morgan fingerprint density at radius 1 is 0.607 bits per heavy atom. The zero-order valence-corrected chi connectivity index (χ0v) is 19.6. The van der Waals surface area contributed by atoms with Crippen LogP contribution in [-0.2, 0) is 6.54 Å². The van der Waals surface area contributed by atoms with E-state index in [1.165, 1.54) is 121 Å². The number of pyridine rings is 1. The van der Waals surface area contributed by atoms with Crippen LogP contribution >= 0.6 is 0 Å². The number of hydrogen-bond acceptors (Lipinski definition) is 0. The molecule has 0 bridgehead atoms. The maximum absolute atomic E-state index is 2.36. The van der Waals surface area contributed by atoms with Crippen LogP contribution in [0.5, 0.6) is 0 Å². The van der Waals surface area contributed by atoms with Gasteiger partial charge in [-0.05, 0) is 24.3 Å². The highest BCUT2D eigenvalue weighted by Crippen LogP contribution is 2.16. The van der Waals surface area contributed by atoms with Gasteiger partial charge in [0.2, 0.25) is 0 Å². The van der Waals surface area contributed by atoms with Gasteiger partial charge < -0.3 is 0 Å². The molecule has 0 aliphatic carbocycles. The highest BCUT2D eigenvalue weighted by atomic mass is 14.9. The van der Waals surface area contributed by atoms with Crippen LogP contribution < -0.4 is 4.57 Å². The summed E-state index contributed by atoms with van der Waals surface area (Å²) >= 11 is 0. The predicted octanol–water partition coefficient (Wildman–Crippen LogP) is 8.75. The Labute approximate surface area is 177 Å². The molecule has 162 valence electrons. The smallest absolute Gasteiger partial charge is 0.169 e. The zero-order valence-electron chi connectivity index (χ0n) is 19.6. The average Bonchev–Trinajstić information content (AvgIpc) is 2.73. The van der Waals surface area contributed by atoms with E-state index in [2.05, 4.69) is 49.9 Å². The summed E-state index contributed by atoms with van der Waals surface area (Å²) in [5, 5.41) is 0. The van der Waals surface area contributed by atoms with Crippen molar-refractivity contribution >= 4 is 0 Å². The number of unbranched alkanes of at least 4 members (excludes halogenated alkanes) is 15. The van der Waals surface area contributed by atoms with Crippen LogP contribution in [-0.4, -0.2) is 0 Å². The Morgan fingerprint density at radius 3 is 1.39 bits per heavy atom. The molecule has 1 heterocycles. The lowest BCUT2D eigenvalue weighted by molar-refractivity contribution is -0.697. The summed E-state index contributed by atoms with van der Waals surface area (Å²) in [7, 11) is 0. The molecule has 0 unspecified atom stereocenters. The fraction of sp³-hybridized carbons (Fsp3) is 0.815. The highest BCUT2D eigenvalue weighted by molar-refractivity contribution is 5.12. The molecule has 0 radical (unpaired) electrons. The van der Waals surface area contributed by atoms with Crippen LogP contribution in [0.4, 0.5) is 0 Å². The number of aryl methyl sites for hydroxylation is 1. The lowest BCUT2D eigenvalue weighted by Crippen LogP contribution is -2.32. The molecule has 0 saturated carbocycles. The summed E-state index contributed by atoms with van der Waals surface area (Å²) in [6, 6.07) is 4.61. The standard InChI is InChI=1S/C27H50N/c1-4-6-7-8-9-10-11-12-13-14-15-16-17-18-19-20-23-28-24-21-27(22-25-28)26(3)5-2/h21-22,24-26H,4-20,23H2,1-3H3/q+1/t26-/m0/s1. The number of nitrogens with zero attached hydrogens (tertiary/aromatic N) is 1. The van der Waals surface area contributed by atoms with Crippen molar-refractivity contribution in [1.82, 2.24) is 0 Å². The zero-order chi connectivity index (χ0) is 20.3. The summed E-state index contributed by atoms with van der Waals surface area (Å²) in [6.45, 7) is 8.06. The van der Waals surface area contributed by atoms with Crippen LogP contribution in [0.15, 0.2) is 24.5 Å². The third-order valence-corrected chi connectivity index (χ3v) is 6.37. The second-order valence-electron chi connectivity index (χ2n) is 8.98. The third kappa shape index (κ3) is 13.3. The van der Waals surface area contributed by atoms with Crippen molar-refractivity contribution in [3.63, 3.8) is 0 Å². The molecule has 28 heavy (non-hydrogen) atoms. The predicted molar refractivity (Wildman–Crippen MR) is 125 cm³/mol. The largest absolute Gasteiger partial charge is 0.205 e. The van der Waals surface area contributed by atoms with E-state index in [1.807, 2.05) is 0 Å². The molecule has 1 heteroatoms. The second-order valence-corrected chi connectivity index (χ2v) is 8.98. The maximum Gasteiger partial charge on any atom is 0.169 e. The van der Waals surface area contributed by atoms with Crippen molar-refractivity contribution in [1.29, 1.82) is 0 Å². The minimum atomic E-state index is 0.685. The topological polar surface area (TPSA) is 3.88 Å². The fourth-order valence-electron chi connectivity index (χ4n) is 4.02. The normalized spacial score (nSPS) is 12.4. The van der Waals surface area contributed by atoms with E-state index in [1.54, 1.807) is 0 Å². The van der Waals surface area contributed by atoms with Gasteiger partial charge in [-0.25, -0.2) is 4.57 Å². The molecule has 0 spiro atoms. The van der Waals surface area contributed by atoms with E-state index in [4.69, 9.17) is 0 Å². The first-order valence-electron chi connectivity index (χ1n) is 12.8. The van der Waals surface area contributed by atoms with Gasteiger partial charge in [0.25, 0.3) is 0 Å². The SMILES string of the molecule is CCCCCCCCCCCCCCCCCC[n+]1ccc([C@@H](C)CC)cc1. The number of aromatic nitrogens is 1. The lowest BCUT2D eigenvalue weighted by Gasteiger charge is -2.07. The van der Waals surface area contributed by atoms with Crippen LogP contribution in [0, 0.1) is 0 Å². The molecule has 0 N–H and O–H groups in total. The Morgan fingerprint density at radius 2 is 1.00 bits per heavy atom. The van der Waals surface area contributed by atoms with Crippen LogP contribution in [0.25, 0.3) is 0 Å². The summed E-state index contributed by atoms with van der Waals surface area (Å²) in [5.41, 5.74) is 1.48. The van der Waals surface area contributed by atoms with Gasteiger partial charge >= 0.3 is 0 Å². The molecule has 1 aromatic rings. The molecular formula is C27H50N+. The van der Waals surface area contributed by atoms with Gasteiger partial charge in [-0.15, -0.1) is 0 Å². The molecule has 0 aliphatic heterocycles. The highest BCUT2D eigenvalue weighted by Gasteiger charge is 2.05. The average molecular weight is 389 g/mol. The van der Waals surface area contributed by atoms with Crippen LogP contribution in [0.3, 0.4) is 0 Å². The maximum atomic E-state index is 2.36. The van der Waals surface area contributed by atoms with Gasteiger partial charge in [0.1, 0.15) is 6.54 Å². The van der Waals surface area contributed by atoms with Gasteiger partial charge in [0.05, 0.1) is 0 Å². The van der Waals surface area contributed by atoms with E-state index in [0.717, 1.165) is 0 Å². The van der Waals surface area contributed by atoms with E-state index < -0.39 is 0 Å². The van der Waals surface area contributed by atoms with Gasteiger partial charge in [0, 0.05) is 18.6 Å². The molecule has 1 nitrogen and oxygen atoms in total. The number of rotatable bonds is 19. The van der Waals surface area contributed by atoms with Crippen LogP contribution in [0.1, 0.15) is 141 Å². The molecule has 0 fully saturated rings. The van der Waals surface area contributed by atoms with Crippen molar-refractivity contribution < 1.29 is 4.57 Å². The molecule has 0 aromatic carbocycles. The van der Waals surface area contributed by atoms with Crippen molar-refractivity contribution in [2.24, 2.45) is 0 Å². The Bertz CT molecular complexity index is 436. The Balaban J connectivity index is 1.83. The first-order valence-corrected chi connectivity index (χ1v) is 12.8. The molecular weight excluding hydrogens is 338 g/mol. The summed E-state index contributed by atoms with van der Waals surface area (Å²) < 4.78 is 2.36. The fourth-order valence-corrected chi connectivity index (χ4v) is 4.02. The molecule has 1 atom stereocenters. The molecule has 0 amide bonds. The summed E-state index contributed by atoms with van der Waals surface area (Å²) in [4.78, 5) is 0.